The van der Waals surface area contributed by atoms with Crippen LogP contribution in [0, 0.1) is 5.92 Å². The Morgan fingerprint density at radius 2 is 0.888 bits per heavy atom. The molecule has 16 N–H and O–H groups in total. The molecular formula is C71H120N11O19P5S. The zero-order valence-corrected chi connectivity index (χ0v) is 69.2. The number of thiocarbonyl (C=S) groups is 1. The lowest BCUT2D eigenvalue weighted by molar-refractivity contribution is -0.133. The number of hydrogen-bond donors (Lipinski definition) is 16. The molecule has 0 aliphatic carbocycles. The van der Waals surface area contributed by atoms with E-state index in [1.54, 1.807) is 42.2 Å². The van der Waals surface area contributed by atoms with E-state index in [4.69, 9.17) is 35.9 Å². The highest BCUT2D eigenvalue weighted by Gasteiger charge is 2.51. The molecule has 36 heteroatoms. The van der Waals surface area contributed by atoms with Crippen molar-refractivity contribution >= 4 is 113 Å². The van der Waals surface area contributed by atoms with E-state index in [-0.39, 0.29) is 41.7 Å². The van der Waals surface area contributed by atoms with Gasteiger partial charge in [-0.3, -0.25) is 9.59 Å². The van der Waals surface area contributed by atoms with Crippen LogP contribution in [0.25, 0.3) is 0 Å². The highest BCUT2D eigenvalue weighted by molar-refractivity contribution is 7.80. The summed E-state index contributed by atoms with van der Waals surface area (Å²) in [5.41, 5.74) is 1.90. The van der Waals surface area contributed by atoms with Crippen LogP contribution >= 0.6 is 46.6 Å². The van der Waals surface area contributed by atoms with Gasteiger partial charge in [0.15, 0.2) is 18.7 Å². The molecule has 10 aliphatic rings. The predicted octanol–water partition coefficient (Wildman–Crippen LogP) is 1.16. The van der Waals surface area contributed by atoms with Crippen molar-refractivity contribution in [2.45, 2.75) is 161 Å². The Morgan fingerprint density at radius 3 is 1.32 bits per heavy atom. The number of carbonyl (C=O) groups excluding carboxylic acids is 4. The quantitative estimate of drug-likeness (QED) is 0.0600. The van der Waals surface area contributed by atoms with Gasteiger partial charge in [-0.25, -0.2) is 14.6 Å². The Hall–Kier alpha value is -4.74. The first-order valence-corrected chi connectivity index (χ1v) is 50.9. The number of hydrogen-bond acceptors (Lipinski definition) is 24. The fraction of sp³-hybridized carbons (Fsp3) is 0.620. The third-order valence-electron chi connectivity index (χ3n) is 18.8. The van der Waals surface area contributed by atoms with Gasteiger partial charge in [0.05, 0.1) is 36.4 Å². The van der Waals surface area contributed by atoms with Crippen molar-refractivity contribution in [1.29, 1.82) is 0 Å². The Labute approximate surface area is 636 Å². The molecule has 21 atom stereocenters. The molecule has 0 bridgehead atoms. The minimum absolute atomic E-state index is 0.0885. The average molecular weight is 1620 g/mol. The standard InChI is InChI=1S/C15H25N2O4P.C15H27N2O4P.C14H23N2O4P.C14H23N2O3PS.C13H22N3O4P/c1-9-10(8-17(2)15(20)16-9)14-13(19)12(18)11(21-14)6-7-22(3,4)5;1-9-8-17(10(2)16-14(9)20)15-13(19)12(18)11(21-15)6-7-22(3,4)5;1-8-9(7-15-14(19)16-8)13-12(18)11(17)10(20-13)5-6-21(2,3)4;1-9-15-11(21)5-7-16(9)14-13(18)12(17)10(19-14)6-8-20(2,3)4;1-8-15-10(17)7-14-16(8)13-12(19)11(18)9(20-13)5-6-21(2,3)4/h8,11-14,18-19H,1,3,6-7H2,2,4-5H3,(H,16,20);9,11-13,15,18-19H,2-3,6-8H2,1,4-5H3,(H,16,20);7,10-13,17-18H,1-2,5-6H2,3-4H3,(H2,15,16,19);5,7,10,12-14,17-18H,1-2,6,8H2,3-4H3,(H,15,21);7,9,11-13,18-19H,1-2,5-6H2,3-4H3,(H,15,17)/t11-,12-,13-,14?;9?,11-,12-,13-,15?;10-,11-,12-,13?;10-,12-,13-,14?;9-,11-,12-,13?/m11111/s1. The number of nitrogens with one attached hydrogen (secondary N) is 6. The van der Waals surface area contributed by atoms with Crippen LogP contribution in [0.15, 0.2) is 103 Å². The van der Waals surface area contributed by atoms with E-state index < -0.39 is 151 Å². The molecule has 107 heavy (non-hydrogen) atoms. The van der Waals surface area contributed by atoms with Crippen molar-refractivity contribution in [3.05, 3.63) is 97.6 Å². The SMILES string of the molecule is C=C1NC(=O)C(C)CN1C1O[C@H](CCP(=C)(C)C)[C@@H](O)[C@H]1O.C=C1NC(=O)C=NN1C1O[C@H](CCP(=C)(C)C)[C@@H](O)[C@H]1O.C=C1NC(=O)N(C)C=C1C1O[C@H](CCP(=C)(C)C)[C@@H](O)[C@H]1O.C=C1NC(=O)NC=C1C1O[C@H](CCP(=C)(C)C)[C@@H](O)[C@H]1O.C=C1NC(=S)C=CN1C1O[C@H](CCP(=C)(C)C)[C@@H](O)[C@H]1O. The maximum atomic E-state index is 11.6. The summed E-state index contributed by atoms with van der Waals surface area (Å²) in [5, 5.41) is 123. The first-order valence-electron chi connectivity index (χ1n) is 35.2. The molecule has 0 spiro atoms. The molecule has 0 aromatic carbocycles. The normalized spacial score (nSPS) is 34.0. The molecule has 6 fully saturated rings. The summed E-state index contributed by atoms with van der Waals surface area (Å²) < 4.78 is 29.1. The van der Waals surface area contributed by atoms with Crippen LogP contribution in [0.4, 0.5) is 9.59 Å². The van der Waals surface area contributed by atoms with Gasteiger partial charge in [-0.2, -0.15) is 5.10 Å². The molecule has 30 nitrogen and oxygen atoms in total. The van der Waals surface area contributed by atoms with E-state index in [0.29, 0.717) is 77.8 Å². The number of aliphatic hydroxyl groups is 10. The molecule has 10 rings (SSSR count). The predicted molar refractivity (Wildman–Crippen MR) is 439 cm³/mol. The number of rotatable bonds is 20. The third-order valence-corrected chi connectivity index (χ3v) is 26.4. The lowest BCUT2D eigenvalue weighted by atomic mass is 9.99. The zero-order chi connectivity index (χ0) is 80.7. The van der Waals surface area contributed by atoms with Gasteiger partial charge in [0.25, 0.3) is 5.91 Å². The van der Waals surface area contributed by atoms with E-state index >= 15 is 0 Å². The molecule has 0 aromatic heterocycles. The highest BCUT2D eigenvalue weighted by Crippen LogP contribution is 2.44. The third kappa shape index (κ3) is 25.9. The first kappa shape index (κ1) is 91.1. The summed E-state index contributed by atoms with van der Waals surface area (Å²) in [6, 6.07) is -0.668. The summed E-state index contributed by atoms with van der Waals surface area (Å²) >= 11 is 5.03. The summed E-state index contributed by atoms with van der Waals surface area (Å²) in [5.74, 6) is 0.458. The van der Waals surface area contributed by atoms with Gasteiger partial charge in [-0.15, -0.1) is 65.9 Å². The number of nitrogens with zero attached hydrogens (tertiary/aromatic N) is 5. The second kappa shape index (κ2) is 37.7. The Balaban J connectivity index is 0.000000209. The summed E-state index contributed by atoms with van der Waals surface area (Å²) in [7, 11) is 1.60. The summed E-state index contributed by atoms with van der Waals surface area (Å²) in [6.45, 7) is 36.3. The second-order valence-corrected chi connectivity index (χ2v) is 54.0. The van der Waals surface area contributed by atoms with Crippen LogP contribution in [-0.2, 0) is 33.3 Å². The summed E-state index contributed by atoms with van der Waals surface area (Å²) in [6.07, 6.45) is 20.3. The highest BCUT2D eigenvalue weighted by atomic mass is 32.1. The first-order chi connectivity index (χ1) is 49.3. The maximum Gasteiger partial charge on any atom is 0.325 e. The molecule has 6 saturated heterocycles. The van der Waals surface area contributed by atoms with Gasteiger partial charge >= 0.3 is 12.1 Å². The average Bonchev–Trinajstić information content (AvgIpc) is 1.70. The van der Waals surface area contributed by atoms with E-state index in [1.165, 1.54) is 16.1 Å². The van der Waals surface area contributed by atoms with Crippen molar-refractivity contribution < 1.29 is 93.9 Å². The molecule has 6 unspecified atom stereocenters. The maximum absolute atomic E-state index is 11.6. The monoisotopic (exact) mass is 1620 g/mol. The van der Waals surface area contributed by atoms with Crippen molar-refractivity contribution in [3.63, 3.8) is 0 Å². The minimum atomic E-state index is -1.23. The van der Waals surface area contributed by atoms with Gasteiger partial charge in [0, 0.05) is 54.7 Å². The Bertz CT molecular complexity index is 3610. The number of aliphatic hydroxyl groups excluding tert-OH is 10. The van der Waals surface area contributed by atoms with Crippen LogP contribution in [0.1, 0.15) is 39.0 Å². The van der Waals surface area contributed by atoms with E-state index in [2.05, 4.69) is 168 Å². The molecule has 6 amide bonds. The van der Waals surface area contributed by atoms with Crippen LogP contribution in [0.3, 0.4) is 0 Å². The van der Waals surface area contributed by atoms with Gasteiger partial charge in [-0.05, 0) is 136 Å². The second-order valence-electron chi connectivity index (χ2n) is 32.0. The minimum Gasteiger partial charge on any atom is -0.388 e. The van der Waals surface area contributed by atoms with Crippen molar-refractivity contribution in [1.82, 2.24) is 51.6 Å². The zero-order valence-electron chi connectivity index (χ0n) is 63.9. The largest absolute Gasteiger partial charge is 0.388 e. The van der Waals surface area contributed by atoms with Crippen LogP contribution in [0.5, 0.6) is 0 Å². The molecule has 10 aliphatic heterocycles. The molecule has 604 valence electrons. The molecule has 0 radical (unpaired) electrons. The van der Waals surface area contributed by atoms with Gasteiger partial charge in [-0.1, -0.05) is 52.0 Å². The van der Waals surface area contributed by atoms with Crippen LogP contribution in [-0.4, -0.2) is 371 Å². The van der Waals surface area contributed by atoms with Crippen molar-refractivity contribution in [2.75, 3.05) is 111 Å². The fourth-order valence-corrected chi connectivity index (χ4v) is 17.5. The van der Waals surface area contributed by atoms with Gasteiger partial charge < -0.3 is 121 Å². The van der Waals surface area contributed by atoms with Gasteiger partial charge in [0.1, 0.15) is 102 Å². The van der Waals surface area contributed by atoms with Crippen LogP contribution in [0.2, 0.25) is 0 Å². The lowest BCUT2D eigenvalue weighted by Gasteiger charge is -2.39. The van der Waals surface area contributed by atoms with Crippen molar-refractivity contribution in [3.8, 4) is 0 Å². The number of urea groups is 2. The van der Waals surface area contributed by atoms with Gasteiger partial charge in [0.2, 0.25) is 5.91 Å². The lowest BCUT2D eigenvalue weighted by Crippen LogP contribution is -2.54. The van der Waals surface area contributed by atoms with Crippen LogP contribution < -0.4 is 31.9 Å². The molecule has 10 heterocycles. The van der Waals surface area contributed by atoms with Crippen molar-refractivity contribution in [2.24, 2.45) is 11.0 Å². The molecular weight excluding hydrogens is 1500 g/mol. The Kier molecular flexibility index (Phi) is 32.1. The topological polar surface area (TPSA) is 414 Å². The number of ether oxygens (including phenoxy) is 5. The molecule has 0 saturated carbocycles. The van der Waals surface area contributed by atoms with E-state index in [1.807, 2.05) is 0 Å². The number of amides is 6. The van der Waals surface area contributed by atoms with E-state index in [9.17, 15) is 70.2 Å². The molecule has 0 aromatic rings. The number of carbonyl (C=O) groups is 4. The fourth-order valence-electron chi connectivity index (χ4n) is 12.5. The smallest absolute Gasteiger partial charge is 0.325 e. The number of hydrazone groups is 1. The summed E-state index contributed by atoms with van der Waals surface area (Å²) in [4.78, 5) is 50.8. The Morgan fingerprint density at radius 1 is 0.495 bits per heavy atom. The van der Waals surface area contributed by atoms with E-state index in [0.717, 1.165) is 37.0 Å².